The van der Waals surface area contributed by atoms with Crippen molar-refractivity contribution >= 4 is 15.9 Å². The largest absolute Gasteiger partial charge is 0.508 e. The van der Waals surface area contributed by atoms with Gasteiger partial charge in [-0.15, -0.1) is 0 Å². The molecule has 0 fully saturated rings. The Morgan fingerprint density at radius 1 is 1.19 bits per heavy atom. The molecule has 2 rings (SSSR count). The zero-order valence-electron chi connectivity index (χ0n) is 8.43. The van der Waals surface area contributed by atoms with Crippen molar-refractivity contribution in [2.45, 2.75) is 6.61 Å². The minimum atomic E-state index is 0.228. The van der Waals surface area contributed by atoms with E-state index in [-0.39, 0.29) is 5.75 Å². The van der Waals surface area contributed by atoms with Gasteiger partial charge >= 0.3 is 0 Å². The van der Waals surface area contributed by atoms with E-state index in [1.165, 1.54) is 0 Å². The first kappa shape index (κ1) is 11.0. The van der Waals surface area contributed by atoms with Crippen LogP contribution in [0.2, 0.25) is 0 Å². The van der Waals surface area contributed by atoms with E-state index in [0.717, 1.165) is 10.2 Å². The van der Waals surface area contributed by atoms with Crippen LogP contribution in [0.15, 0.2) is 47.1 Å². The van der Waals surface area contributed by atoms with E-state index < -0.39 is 0 Å². The highest BCUT2D eigenvalue weighted by Gasteiger charge is 2.01. The molecule has 82 valence electrons. The van der Waals surface area contributed by atoms with Crippen LogP contribution >= 0.6 is 15.9 Å². The Labute approximate surface area is 102 Å². The minimum absolute atomic E-state index is 0.228. The molecule has 1 aromatic carbocycles. The number of phenols is 1. The van der Waals surface area contributed by atoms with Crippen molar-refractivity contribution in [2.75, 3.05) is 0 Å². The van der Waals surface area contributed by atoms with Crippen molar-refractivity contribution in [3.8, 4) is 11.5 Å². The molecule has 0 aliphatic rings. The van der Waals surface area contributed by atoms with Crippen molar-refractivity contribution in [1.82, 2.24) is 4.98 Å². The molecule has 1 aromatic heterocycles. The highest BCUT2D eigenvalue weighted by molar-refractivity contribution is 9.10. The summed E-state index contributed by atoms with van der Waals surface area (Å²) in [5.74, 6) is 0.932. The Hall–Kier alpha value is -1.55. The van der Waals surface area contributed by atoms with Gasteiger partial charge < -0.3 is 9.84 Å². The van der Waals surface area contributed by atoms with Crippen LogP contribution in [0, 0.1) is 0 Å². The molecule has 0 saturated carbocycles. The van der Waals surface area contributed by atoms with Crippen molar-refractivity contribution in [3.05, 3.63) is 52.8 Å². The molecule has 0 aliphatic carbocycles. The first-order chi connectivity index (χ1) is 7.75. The quantitative estimate of drug-likeness (QED) is 0.939. The zero-order valence-corrected chi connectivity index (χ0v) is 10.0. The van der Waals surface area contributed by atoms with E-state index in [2.05, 4.69) is 20.9 Å². The topological polar surface area (TPSA) is 42.4 Å². The van der Waals surface area contributed by atoms with Crippen LogP contribution in [0.1, 0.15) is 5.69 Å². The average molecular weight is 280 g/mol. The van der Waals surface area contributed by atoms with Crippen molar-refractivity contribution in [2.24, 2.45) is 0 Å². The number of ether oxygens (including phenoxy) is 1. The molecular formula is C12H10BrNO2. The summed E-state index contributed by atoms with van der Waals surface area (Å²) in [5.41, 5.74) is 0.843. The van der Waals surface area contributed by atoms with Crippen LogP contribution in [0.25, 0.3) is 0 Å². The molecule has 0 saturated heterocycles. The van der Waals surface area contributed by atoms with Gasteiger partial charge in [0, 0.05) is 10.7 Å². The molecule has 1 N–H and O–H groups in total. The molecule has 0 amide bonds. The van der Waals surface area contributed by atoms with Crippen LogP contribution in [0.3, 0.4) is 0 Å². The first-order valence-corrected chi connectivity index (χ1v) is 5.56. The maximum Gasteiger partial charge on any atom is 0.131 e. The number of aromatic hydroxyl groups is 1. The highest BCUT2D eigenvalue weighted by atomic mass is 79.9. The number of rotatable bonds is 3. The molecule has 1 heterocycles. The van der Waals surface area contributed by atoms with E-state index >= 15 is 0 Å². The zero-order chi connectivity index (χ0) is 11.4. The van der Waals surface area contributed by atoms with Gasteiger partial charge in [0.25, 0.3) is 0 Å². The second-order valence-corrected chi connectivity index (χ2v) is 4.07. The Kier molecular flexibility index (Phi) is 3.41. The molecule has 2 aromatic rings. The van der Waals surface area contributed by atoms with Gasteiger partial charge in [-0.1, -0.05) is 0 Å². The molecule has 16 heavy (non-hydrogen) atoms. The van der Waals surface area contributed by atoms with Gasteiger partial charge in [0.05, 0.1) is 5.69 Å². The summed E-state index contributed by atoms with van der Waals surface area (Å²) in [4.78, 5) is 4.19. The summed E-state index contributed by atoms with van der Waals surface area (Å²) in [5, 5.41) is 9.11. The second-order valence-electron chi connectivity index (χ2n) is 3.21. The van der Waals surface area contributed by atoms with Crippen LogP contribution in [-0.2, 0) is 6.61 Å². The molecule has 4 heteroatoms. The van der Waals surface area contributed by atoms with Gasteiger partial charge in [-0.05, 0) is 52.3 Å². The van der Waals surface area contributed by atoms with Crippen LogP contribution < -0.4 is 4.74 Å². The summed E-state index contributed by atoms with van der Waals surface area (Å²) in [7, 11) is 0. The Bertz CT molecular complexity index is 471. The van der Waals surface area contributed by atoms with Gasteiger partial charge in [0.15, 0.2) is 0 Å². The van der Waals surface area contributed by atoms with E-state index in [4.69, 9.17) is 9.84 Å². The van der Waals surface area contributed by atoms with Gasteiger partial charge in [0.1, 0.15) is 18.1 Å². The van der Waals surface area contributed by atoms with Crippen molar-refractivity contribution in [3.63, 3.8) is 0 Å². The van der Waals surface area contributed by atoms with E-state index in [9.17, 15) is 0 Å². The summed E-state index contributed by atoms with van der Waals surface area (Å²) in [6.07, 6.45) is 1.72. The van der Waals surface area contributed by atoms with Gasteiger partial charge in [-0.2, -0.15) is 0 Å². The number of hydrogen-bond acceptors (Lipinski definition) is 3. The molecule has 0 radical (unpaired) electrons. The van der Waals surface area contributed by atoms with Crippen LogP contribution in [0.5, 0.6) is 11.5 Å². The predicted molar refractivity (Wildman–Crippen MR) is 64.4 cm³/mol. The van der Waals surface area contributed by atoms with Crippen molar-refractivity contribution in [1.29, 1.82) is 0 Å². The van der Waals surface area contributed by atoms with Gasteiger partial charge in [0.2, 0.25) is 0 Å². The average Bonchev–Trinajstić information content (AvgIpc) is 2.30. The summed E-state index contributed by atoms with van der Waals surface area (Å²) >= 11 is 3.40. The first-order valence-electron chi connectivity index (χ1n) is 4.77. The number of halogens is 1. The lowest BCUT2D eigenvalue weighted by Crippen LogP contribution is -1.98. The third-order valence-corrected chi connectivity index (χ3v) is 2.77. The number of nitrogens with zero attached hydrogens (tertiary/aromatic N) is 1. The number of aromatic nitrogens is 1. The summed E-state index contributed by atoms with van der Waals surface area (Å²) < 4.78 is 6.45. The Balaban J connectivity index is 2.02. The maximum atomic E-state index is 9.11. The summed E-state index contributed by atoms with van der Waals surface area (Å²) in [6, 6.07) is 10.4. The number of pyridine rings is 1. The number of phenolic OH excluding ortho intramolecular Hbond substituents is 1. The fraction of sp³-hybridized carbons (Fsp3) is 0.0833. The smallest absolute Gasteiger partial charge is 0.131 e. The third-order valence-electron chi connectivity index (χ3n) is 2.05. The monoisotopic (exact) mass is 279 g/mol. The SMILES string of the molecule is Oc1ccc(OCc2ncccc2Br)cc1. The van der Waals surface area contributed by atoms with Gasteiger partial charge in [-0.25, -0.2) is 0 Å². The molecule has 0 atom stereocenters. The Morgan fingerprint density at radius 3 is 2.62 bits per heavy atom. The van der Waals surface area contributed by atoms with Gasteiger partial charge in [-0.3, -0.25) is 4.98 Å². The van der Waals surface area contributed by atoms with Crippen LogP contribution in [0.4, 0.5) is 0 Å². The Morgan fingerprint density at radius 2 is 1.94 bits per heavy atom. The van der Waals surface area contributed by atoms with E-state index in [0.29, 0.717) is 12.4 Å². The summed E-state index contributed by atoms with van der Waals surface area (Å²) in [6.45, 7) is 0.395. The lowest BCUT2D eigenvalue weighted by molar-refractivity contribution is 0.300. The van der Waals surface area contributed by atoms with Crippen LogP contribution in [-0.4, -0.2) is 10.1 Å². The molecule has 0 aliphatic heterocycles. The number of benzene rings is 1. The molecule has 0 unspecified atom stereocenters. The molecule has 0 bridgehead atoms. The minimum Gasteiger partial charge on any atom is -0.508 e. The lowest BCUT2D eigenvalue weighted by Gasteiger charge is -2.06. The molecule has 3 nitrogen and oxygen atoms in total. The second kappa shape index (κ2) is 4.99. The highest BCUT2D eigenvalue weighted by Crippen LogP contribution is 2.19. The predicted octanol–water partition coefficient (Wildman–Crippen LogP) is 3.13. The molecule has 0 spiro atoms. The maximum absolute atomic E-state index is 9.11. The fourth-order valence-corrected chi connectivity index (χ4v) is 1.59. The fourth-order valence-electron chi connectivity index (χ4n) is 1.22. The normalized spacial score (nSPS) is 10.1. The molecular weight excluding hydrogens is 270 g/mol. The lowest BCUT2D eigenvalue weighted by atomic mass is 10.3. The standard InChI is InChI=1S/C12H10BrNO2/c13-11-2-1-7-14-12(11)8-16-10-5-3-9(15)4-6-10/h1-7,15H,8H2. The van der Waals surface area contributed by atoms with Crippen molar-refractivity contribution < 1.29 is 9.84 Å². The number of hydrogen-bond donors (Lipinski definition) is 1. The third kappa shape index (κ3) is 2.73. The van der Waals surface area contributed by atoms with E-state index in [1.807, 2.05) is 12.1 Å². The van der Waals surface area contributed by atoms with E-state index in [1.54, 1.807) is 30.5 Å².